The number of nitrogens with one attached hydrogen (secondary N) is 1. The smallest absolute Gasteiger partial charge is 0.414 e. The Morgan fingerprint density at radius 3 is 2.43 bits per heavy atom. The molecule has 1 aromatic carbocycles. The first-order chi connectivity index (χ1) is 13.5. The molecule has 0 bridgehead atoms. The third-order valence-corrected chi connectivity index (χ3v) is 3.97. The lowest BCUT2D eigenvalue weighted by molar-refractivity contribution is -0.159. The Balaban J connectivity index is 0.000000568. The van der Waals surface area contributed by atoms with Crippen LogP contribution in [0.2, 0.25) is 0 Å². The molecule has 1 aliphatic rings. The molecule has 0 radical (unpaired) electrons. The molecule has 1 heterocycles. The van der Waals surface area contributed by atoms with E-state index in [1.54, 1.807) is 7.11 Å². The maximum atomic E-state index is 9.10. The van der Waals surface area contributed by atoms with Crippen molar-refractivity contribution < 1.29 is 34.0 Å². The molecule has 9 nitrogen and oxygen atoms in total. The average Bonchev–Trinajstić information content (AvgIpc) is 2.70. The summed E-state index contributed by atoms with van der Waals surface area (Å²) in [5.74, 6) is -2.04. The molecule has 3 N–H and O–H groups in total. The van der Waals surface area contributed by atoms with Crippen molar-refractivity contribution in [2.75, 3.05) is 53.1 Å². The number of hydrogen-bond acceptors (Lipinski definition) is 7. The van der Waals surface area contributed by atoms with Crippen LogP contribution in [0.15, 0.2) is 18.2 Å². The van der Waals surface area contributed by atoms with Crippen LogP contribution in [0.25, 0.3) is 0 Å². The van der Waals surface area contributed by atoms with Gasteiger partial charge in [0.15, 0.2) is 11.5 Å². The molecule has 0 aromatic heterocycles. The van der Waals surface area contributed by atoms with Crippen LogP contribution < -0.4 is 14.8 Å². The zero-order valence-corrected chi connectivity index (χ0v) is 16.5. The Bertz CT molecular complexity index is 592. The Kier molecular flexibility index (Phi) is 11.6. The molecule has 9 heteroatoms. The molecule has 0 saturated carbocycles. The first kappa shape index (κ1) is 23.7. The largest absolute Gasteiger partial charge is 0.493 e. The average molecular weight is 398 g/mol. The second-order valence-electron chi connectivity index (χ2n) is 6.01. The first-order valence-electron chi connectivity index (χ1n) is 9.24. The summed E-state index contributed by atoms with van der Waals surface area (Å²) < 4.78 is 16.3. The first-order valence-corrected chi connectivity index (χ1v) is 9.24. The van der Waals surface area contributed by atoms with E-state index in [2.05, 4.69) is 16.3 Å². The van der Waals surface area contributed by atoms with Gasteiger partial charge in [-0.2, -0.15) is 0 Å². The standard InChI is InChI=1S/C17H28N2O3.C2H2O4/c1-3-22-16-6-5-15(13-17(16)20-2)14-18-7-4-8-19-9-11-21-12-10-19;3-1(4)2(5)6/h5-6,13,18H,3-4,7-12,14H2,1-2H3;(H,3,4)(H,5,6). The minimum Gasteiger partial charge on any atom is -0.493 e. The SMILES string of the molecule is CCOc1ccc(CNCCCN2CCOCC2)cc1OC.O=C(O)C(=O)O. The fraction of sp³-hybridized carbons (Fsp3) is 0.579. The Morgan fingerprint density at radius 2 is 1.86 bits per heavy atom. The summed E-state index contributed by atoms with van der Waals surface area (Å²) in [6.45, 7) is 9.52. The summed E-state index contributed by atoms with van der Waals surface area (Å²) in [4.78, 5) is 20.7. The van der Waals surface area contributed by atoms with Crippen molar-refractivity contribution in [1.82, 2.24) is 10.2 Å². The lowest BCUT2D eigenvalue weighted by Gasteiger charge is -2.26. The fourth-order valence-electron chi connectivity index (χ4n) is 2.58. The number of rotatable bonds is 9. The van der Waals surface area contributed by atoms with E-state index in [1.165, 1.54) is 5.56 Å². The second-order valence-corrected chi connectivity index (χ2v) is 6.01. The monoisotopic (exact) mass is 398 g/mol. The number of benzene rings is 1. The maximum absolute atomic E-state index is 9.10. The number of hydrogen-bond donors (Lipinski definition) is 3. The minimum absolute atomic E-state index is 0.648. The topological polar surface area (TPSA) is 118 Å². The summed E-state index contributed by atoms with van der Waals surface area (Å²) in [5.41, 5.74) is 1.21. The highest BCUT2D eigenvalue weighted by Crippen LogP contribution is 2.27. The van der Waals surface area contributed by atoms with Crippen LogP contribution in [0.5, 0.6) is 11.5 Å². The lowest BCUT2D eigenvalue weighted by Crippen LogP contribution is -2.37. The van der Waals surface area contributed by atoms with Gasteiger partial charge in [-0.15, -0.1) is 0 Å². The molecule has 158 valence electrons. The molecule has 1 fully saturated rings. The Labute approximate surface area is 165 Å². The zero-order valence-electron chi connectivity index (χ0n) is 16.5. The normalized spacial score (nSPS) is 13.9. The van der Waals surface area contributed by atoms with Crippen molar-refractivity contribution in [2.24, 2.45) is 0 Å². The van der Waals surface area contributed by atoms with Gasteiger partial charge >= 0.3 is 11.9 Å². The third kappa shape index (κ3) is 9.54. The van der Waals surface area contributed by atoms with E-state index in [0.717, 1.165) is 63.9 Å². The van der Waals surface area contributed by atoms with Crippen molar-refractivity contribution in [2.45, 2.75) is 19.9 Å². The second kappa shape index (κ2) is 13.8. The highest BCUT2D eigenvalue weighted by atomic mass is 16.5. The van der Waals surface area contributed by atoms with Gasteiger partial charge < -0.3 is 29.7 Å². The van der Waals surface area contributed by atoms with Gasteiger partial charge in [0.05, 0.1) is 26.9 Å². The van der Waals surface area contributed by atoms with E-state index in [-0.39, 0.29) is 0 Å². The lowest BCUT2D eigenvalue weighted by atomic mass is 10.2. The predicted molar refractivity (Wildman–Crippen MR) is 103 cm³/mol. The molecular formula is C19H30N2O7. The number of carbonyl (C=O) groups is 2. The molecule has 0 aliphatic carbocycles. The molecule has 0 atom stereocenters. The number of nitrogens with zero attached hydrogens (tertiary/aromatic N) is 1. The summed E-state index contributed by atoms with van der Waals surface area (Å²) in [7, 11) is 1.68. The van der Waals surface area contributed by atoms with Crippen LogP contribution >= 0.6 is 0 Å². The highest BCUT2D eigenvalue weighted by Gasteiger charge is 2.09. The van der Waals surface area contributed by atoms with Gasteiger partial charge in [-0.25, -0.2) is 9.59 Å². The quantitative estimate of drug-likeness (QED) is 0.414. The Hall–Kier alpha value is -2.36. The van der Waals surface area contributed by atoms with Crippen molar-refractivity contribution >= 4 is 11.9 Å². The molecule has 1 saturated heterocycles. The van der Waals surface area contributed by atoms with E-state index >= 15 is 0 Å². The van der Waals surface area contributed by atoms with Crippen LogP contribution in [0.3, 0.4) is 0 Å². The van der Waals surface area contributed by atoms with Gasteiger partial charge in [0.1, 0.15) is 0 Å². The van der Waals surface area contributed by atoms with Crippen molar-refractivity contribution in [3.63, 3.8) is 0 Å². The van der Waals surface area contributed by atoms with Crippen LogP contribution in [-0.2, 0) is 20.9 Å². The molecule has 1 aliphatic heterocycles. The number of aliphatic carboxylic acids is 2. The van der Waals surface area contributed by atoms with Gasteiger partial charge in [-0.3, -0.25) is 4.90 Å². The fourth-order valence-corrected chi connectivity index (χ4v) is 2.58. The number of ether oxygens (including phenoxy) is 3. The Morgan fingerprint density at radius 1 is 1.18 bits per heavy atom. The summed E-state index contributed by atoms with van der Waals surface area (Å²) in [5, 5.41) is 18.3. The molecule has 0 unspecified atom stereocenters. The van der Waals surface area contributed by atoms with Gasteiger partial charge in [0.25, 0.3) is 0 Å². The number of morpholine rings is 1. The van der Waals surface area contributed by atoms with Gasteiger partial charge in [0.2, 0.25) is 0 Å². The summed E-state index contributed by atoms with van der Waals surface area (Å²) in [6, 6.07) is 6.11. The molecule has 0 amide bonds. The van der Waals surface area contributed by atoms with Crippen molar-refractivity contribution in [3.8, 4) is 11.5 Å². The summed E-state index contributed by atoms with van der Waals surface area (Å²) >= 11 is 0. The van der Waals surface area contributed by atoms with Crippen LogP contribution in [0, 0.1) is 0 Å². The van der Waals surface area contributed by atoms with E-state index in [0.29, 0.717) is 6.61 Å². The highest BCUT2D eigenvalue weighted by molar-refractivity contribution is 6.27. The zero-order chi connectivity index (χ0) is 20.8. The third-order valence-electron chi connectivity index (χ3n) is 3.97. The molecule has 28 heavy (non-hydrogen) atoms. The van der Waals surface area contributed by atoms with Crippen LogP contribution in [0.1, 0.15) is 18.9 Å². The van der Waals surface area contributed by atoms with Gasteiger partial charge in [-0.05, 0) is 44.1 Å². The van der Waals surface area contributed by atoms with Crippen LogP contribution in [-0.4, -0.2) is 80.2 Å². The van der Waals surface area contributed by atoms with E-state index in [4.69, 9.17) is 34.0 Å². The van der Waals surface area contributed by atoms with E-state index < -0.39 is 11.9 Å². The van der Waals surface area contributed by atoms with Crippen LogP contribution in [0.4, 0.5) is 0 Å². The minimum atomic E-state index is -1.82. The van der Waals surface area contributed by atoms with E-state index in [9.17, 15) is 0 Å². The molecular weight excluding hydrogens is 368 g/mol. The maximum Gasteiger partial charge on any atom is 0.414 e. The predicted octanol–water partition coefficient (Wildman–Crippen LogP) is 1.06. The van der Waals surface area contributed by atoms with E-state index in [1.807, 2.05) is 19.1 Å². The number of carboxylic acids is 2. The molecule has 0 spiro atoms. The number of methoxy groups -OCH3 is 1. The van der Waals surface area contributed by atoms with Gasteiger partial charge in [0, 0.05) is 19.6 Å². The van der Waals surface area contributed by atoms with Gasteiger partial charge in [-0.1, -0.05) is 6.07 Å². The van der Waals surface area contributed by atoms with Crippen molar-refractivity contribution in [1.29, 1.82) is 0 Å². The van der Waals surface area contributed by atoms with Crippen molar-refractivity contribution in [3.05, 3.63) is 23.8 Å². The summed E-state index contributed by atoms with van der Waals surface area (Å²) in [6.07, 6.45) is 1.16. The molecule has 2 rings (SSSR count). The number of carboxylic acid groups (broad SMARTS) is 2. The molecule has 1 aromatic rings.